The van der Waals surface area contributed by atoms with Crippen LogP contribution in [0.3, 0.4) is 0 Å². The number of amides is 3. The Balaban J connectivity index is 2.76. The van der Waals surface area contributed by atoms with Gasteiger partial charge in [0.25, 0.3) is 21.9 Å². The summed E-state index contributed by atoms with van der Waals surface area (Å²) in [5, 5.41) is -1.26. The molecule has 0 radical (unpaired) electrons. The number of rotatable bonds is 4. The molecule has 3 amide bonds. The van der Waals surface area contributed by atoms with Crippen LogP contribution in [-0.2, 0) is 34.1 Å². The molecule has 1 unspecified atom stereocenters. The highest BCUT2D eigenvalue weighted by Crippen LogP contribution is 2.20. The molecule has 1 rings (SSSR count). The number of nitrogens with one attached hydrogen (secondary N) is 1. The van der Waals surface area contributed by atoms with E-state index < -0.39 is 57.7 Å². The first-order chi connectivity index (χ1) is 10.2. The number of hydrogen-bond acceptors (Lipinski definition) is 7. The third kappa shape index (κ3) is 4.38. The summed E-state index contributed by atoms with van der Waals surface area (Å²) in [4.78, 5) is 49.1. The van der Waals surface area contributed by atoms with Crippen LogP contribution in [0.2, 0.25) is 0 Å². The van der Waals surface area contributed by atoms with E-state index in [4.69, 9.17) is 4.55 Å². The van der Waals surface area contributed by atoms with Gasteiger partial charge in [0.1, 0.15) is 6.04 Å². The lowest BCUT2D eigenvalue weighted by Crippen LogP contribution is -2.48. The predicted molar refractivity (Wildman–Crippen MR) is 61.6 cm³/mol. The van der Waals surface area contributed by atoms with Gasteiger partial charge in [0.05, 0.1) is 6.42 Å². The lowest BCUT2D eigenvalue weighted by Gasteiger charge is -2.17. The standard InChI is InChI=1S/C9H9F3N2O8S/c1-3(13-8(18)9(10,11)12)7(17)22-14-5(15)2-4(6(14)16)23(19,20)21/h3-4H,2H2,1H3,(H,13,18)(H,19,20,21)/t3-,4?/m0/s1. The van der Waals surface area contributed by atoms with E-state index in [9.17, 15) is 40.8 Å². The lowest BCUT2D eigenvalue weighted by molar-refractivity contribution is -0.199. The van der Waals surface area contributed by atoms with Gasteiger partial charge in [-0.15, -0.1) is 5.06 Å². The normalized spacial score (nSPS) is 20.4. The zero-order valence-corrected chi connectivity index (χ0v) is 12.0. The van der Waals surface area contributed by atoms with E-state index >= 15 is 0 Å². The van der Waals surface area contributed by atoms with Crippen molar-refractivity contribution in [3.63, 3.8) is 0 Å². The molecule has 1 aliphatic rings. The highest BCUT2D eigenvalue weighted by molar-refractivity contribution is 7.87. The fourth-order valence-electron chi connectivity index (χ4n) is 1.42. The Morgan fingerprint density at radius 3 is 2.30 bits per heavy atom. The van der Waals surface area contributed by atoms with Crippen molar-refractivity contribution < 1.29 is 50.2 Å². The van der Waals surface area contributed by atoms with Gasteiger partial charge in [-0.1, -0.05) is 0 Å². The van der Waals surface area contributed by atoms with Crippen molar-refractivity contribution in [3.8, 4) is 0 Å². The first kappa shape index (κ1) is 18.8. The maximum absolute atomic E-state index is 12.0. The van der Waals surface area contributed by atoms with Crippen LogP contribution in [-0.4, -0.2) is 59.2 Å². The summed E-state index contributed by atoms with van der Waals surface area (Å²) in [6.45, 7) is 0.775. The third-order valence-electron chi connectivity index (χ3n) is 2.56. The molecule has 10 nitrogen and oxygen atoms in total. The van der Waals surface area contributed by atoms with Gasteiger partial charge >= 0.3 is 18.1 Å². The van der Waals surface area contributed by atoms with E-state index in [1.165, 1.54) is 5.32 Å². The van der Waals surface area contributed by atoms with Crippen molar-refractivity contribution >= 4 is 33.8 Å². The van der Waals surface area contributed by atoms with Gasteiger partial charge in [0.15, 0.2) is 5.25 Å². The topological polar surface area (TPSA) is 147 Å². The van der Waals surface area contributed by atoms with Crippen LogP contribution in [0.25, 0.3) is 0 Å². The zero-order valence-electron chi connectivity index (χ0n) is 11.2. The molecule has 1 aliphatic heterocycles. The van der Waals surface area contributed by atoms with Crippen molar-refractivity contribution in [3.05, 3.63) is 0 Å². The fraction of sp³-hybridized carbons (Fsp3) is 0.556. The summed E-state index contributed by atoms with van der Waals surface area (Å²) in [6, 6.07) is -1.89. The minimum Gasteiger partial charge on any atom is -0.335 e. The number of imide groups is 1. The molecular formula is C9H9F3N2O8S. The monoisotopic (exact) mass is 362 g/mol. The van der Waals surface area contributed by atoms with Crippen LogP contribution in [0, 0.1) is 0 Å². The third-order valence-corrected chi connectivity index (χ3v) is 3.65. The molecule has 1 heterocycles. The molecule has 1 fully saturated rings. The minimum absolute atomic E-state index is 0.295. The first-order valence-electron chi connectivity index (χ1n) is 5.67. The highest BCUT2D eigenvalue weighted by Gasteiger charge is 2.49. The average molecular weight is 362 g/mol. The van der Waals surface area contributed by atoms with Gasteiger partial charge in [0, 0.05) is 0 Å². The average Bonchev–Trinajstić information content (AvgIpc) is 2.65. The van der Waals surface area contributed by atoms with Gasteiger partial charge in [-0.3, -0.25) is 18.9 Å². The van der Waals surface area contributed by atoms with Crippen LogP contribution in [0.1, 0.15) is 13.3 Å². The van der Waals surface area contributed by atoms with Crippen LogP contribution in [0.5, 0.6) is 0 Å². The summed E-state index contributed by atoms with van der Waals surface area (Å²) in [5.41, 5.74) is 0. The molecule has 0 aromatic carbocycles. The number of nitrogens with zero attached hydrogens (tertiary/aromatic N) is 1. The van der Waals surface area contributed by atoms with Crippen LogP contribution in [0.4, 0.5) is 13.2 Å². The summed E-state index contributed by atoms with van der Waals surface area (Å²) in [5.74, 6) is -6.97. The minimum atomic E-state index is -5.27. The quantitative estimate of drug-likeness (QED) is 0.455. The largest absolute Gasteiger partial charge is 0.471 e. The van der Waals surface area contributed by atoms with Gasteiger partial charge in [-0.05, 0) is 6.92 Å². The number of carbonyl (C=O) groups excluding carboxylic acids is 4. The summed E-state index contributed by atoms with van der Waals surface area (Å²) < 4.78 is 66.4. The second-order valence-corrected chi connectivity index (χ2v) is 5.94. The Morgan fingerprint density at radius 2 is 1.91 bits per heavy atom. The molecule has 23 heavy (non-hydrogen) atoms. The van der Waals surface area contributed by atoms with Crippen LogP contribution < -0.4 is 5.32 Å². The molecule has 0 spiro atoms. The molecule has 2 atom stereocenters. The Hall–Kier alpha value is -2.22. The second kappa shape index (κ2) is 6.11. The van der Waals surface area contributed by atoms with Gasteiger partial charge in [-0.2, -0.15) is 21.6 Å². The zero-order chi connectivity index (χ0) is 18.2. The first-order valence-corrected chi connectivity index (χ1v) is 7.18. The number of halogens is 3. The summed E-state index contributed by atoms with van der Waals surface area (Å²) >= 11 is 0. The van der Waals surface area contributed by atoms with E-state index in [2.05, 4.69) is 4.84 Å². The Kier molecular flexibility index (Phi) is 5.00. The van der Waals surface area contributed by atoms with Gasteiger partial charge in [-0.25, -0.2) is 4.79 Å². The van der Waals surface area contributed by atoms with Crippen molar-refractivity contribution in [2.24, 2.45) is 0 Å². The molecule has 2 N–H and O–H groups in total. The number of hydrogen-bond donors (Lipinski definition) is 2. The maximum Gasteiger partial charge on any atom is 0.471 e. The Morgan fingerprint density at radius 1 is 1.39 bits per heavy atom. The molecule has 0 bridgehead atoms. The van der Waals surface area contributed by atoms with E-state index in [1.54, 1.807) is 0 Å². The lowest BCUT2D eigenvalue weighted by atomic mass is 10.3. The smallest absolute Gasteiger partial charge is 0.335 e. The van der Waals surface area contributed by atoms with Crippen LogP contribution >= 0.6 is 0 Å². The van der Waals surface area contributed by atoms with Gasteiger partial charge < -0.3 is 10.2 Å². The van der Waals surface area contributed by atoms with Crippen LogP contribution in [0.15, 0.2) is 0 Å². The Labute approximate surface area is 126 Å². The highest BCUT2D eigenvalue weighted by atomic mass is 32.2. The number of hydroxylamine groups is 2. The van der Waals surface area contributed by atoms with E-state index in [1.807, 2.05) is 0 Å². The predicted octanol–water partition coefficient (Wildman–Crippen LogP) is -1.47. The van der Waals surface area contributed by atoms with E-state index in [0.717, 1.165) is 6.92 Å². The van der Waals surface area contributed by atoms with Crippen molar-refractivity contribution in [2.75, 3.05) is 0 Å². The molecule has 0 saturated carbocycles. The molecule has 1 saturated heterocycles. The number of alkyl halides is 3. The molecule has 0 aliphatic carbocycles. The maximum atomic E-state index is 12.0. The Bertz CT molecular complexity index is 658. The van der Waals surface area contributed by atoms with Gasteiger partial charge in [0.2, 0.25) is 0 Å². The molecule has 130 valence electrons. The van der Waals surface area contributed by atoms with E-state index in [-0.39, 0.29) is 5.06 Å². The van der Waals surface area contributed by atoms with Crippen molar-refractivity contribution in [1.29, 1.82) is 0 Å². The second-order valence-electron chi connectivity index (χ2n) is 4.34. The van der Waals surface area contributed by atoms with E-state index in [0.29, 0.717) is 0 Å². The summed E-state index contributed by atoms with van der Waals surface area (Å²) in [6.07, 6.45) is -6.28. The molecule has 0 aromatic rings. The van der Waals surface area contributed by atoms with Crippen molar-refractivity contribution in [1.82, 2.24) is 10.4 Å². The molecular weight excluding hydrogens is 353 g/mol. The molecule has 0 aromatic heterocycles. The summed E-state index contributed by atoms with van der Waals surface area (Å²) in [7, 11) is -4.93. The fourth-order valence-corrected chi connectivity index (χ4v) is 2.12. The SMILES string of the molecule is C[C@H](NC(=O)C(F)(F)F)C(=O)ON1C(=O)CC(S(=O)(=O)O)C1=O. The van der Waals surface area contributed by atoms with Crippen molar-refractivity contribution in [2.45, 2.75) is 30.8 Å². The molecule has 14 heteroatoms. The number of carbonyl (C=O) groups is 4.